The molecule has 254 valence electrons. The summed E-state index contributed by atoms with van der Waals surface area (Å²) in [6.45, 7) is 2.37. The molecule has 0 saturated carbocycles. The zero-order valence-corrected chi connectivity index (χ0v) is 31.1. The van der Waals surface area contributed by atoms with Crippen molar-refractivity contribution in [2.75, 3.05) is 5.32 Å². The smallest absolute Gasteiger partial charge is 0.0708 e. The molecule has 7 aromatic rings. The molecule has 1 spiro atoms. The lowest BCUT2D eigenvalue weighted by molar-refractivity contribution is 0.579. The van der Waals surface area contributed by atoms with Crippen molar-refractivity contribution in [2.45, 2.75) is 33.4 Å². The Morgan fingerprint density at radius 1 is 0.528 bits per heavy atom. The Morgan fingerprint density at radius 2 is 1.17 bits per heavy atom. The molecule has 0 amide bonds. The molecule has 7 aromatic carbocycles. The van der Waals surface area contributed by atoms with E-state index in [2.05, 4.69) is 194 Å². The van der Waals surface area contributed by atoms with Gasteiger partial charge in [-0.25, -0.2) is 0 Å². The van der Waals surface area contributed by atoms with Crippen molar-refractivity contribution in [1.82, 2.24) is 0 Å². The monoisotopic (exact) mass is 715 g/mol. The molecule has 2 unspecified atom stereocenters. The van der Waals surface area contributed by atoms with Crippen molar-refractivity contribution in [3.63, 3.8) is 0 Å². The molecule has 2 atom stereocenters. The summed E-state index contributed by atoms with van der Waals surface area (Å²) in [5.74, 6) is 0.447. The number of rotatable bonds is 5. The van der Waals surface area contributed by atoms with Gasteiger partial charge in [0.1, 0.15) is 0 Å². The van der Waals surface area contributed by atoms with Gasteiger partial charge in [-0.15, -0.1) is 0 Å². The Morgan fingerprint density at radius 3 is 1.98 bits per heavy atom. The highest BCUT2D eigenvalue weighted by Crippen LogP contribution is 2.64. The number of hydrogen-bond acceptors (Lipinski definition) is 3. The van der Waals surface area contributed by atoms with Gasteiger partial charge in [0.15, 0.2) is 0 Å². The summed E-state index contributed by atoms with van der Waals surface area (Å²) in [4.78, 5) is 5.36. The molecular formula is C50H37NS2. The molecule has 0 bridgehead atoms. The fourth-order valence-corrected chi connectivity index (χ4v) is 11.1. The van der Waals surface area contributed by atoms with Crippen LogP contribution in [0.4, 0.5) is 11.4 Å². The van der Waals surface area contributed by atoms with Gasteiger partial charge in [0.25, 0.3) is 0 Å². The van der Waals surface area contributed by atoms with Crippen LogP contribution in [0.2, 0.25) is 0 Å². The van der Waals surface area contributed by atoms with Crippen LogP contribution in [0.25, 0.3) is 33.4 Å². The Labute approximate surface area is 320 Å². The van der Waals surface area contributed by atoms with Crippen LogP contribution in [0.5, 0.6) is 0 Å². The molecule has 3 heteroatoms. The lowest BCUT2D eigenvalue weighted by atomic mass is 9.61. The van der Waals surface area contributed by atoms with Gasteiger partial charge in [-0.2, -0.15) is 0 Å². The number of thioether (sulfide) groups is 1. The highest BCUT2D eigenvalue weighted by molar-refractivity contribution is 8.03. The fourth-order valence-electron chi connectivity index (χ4n) is 8.61. The maximum absolute atomic E-state index is 3.90. The van der Waals surface area contributed by atoms with E-state index in [1.165, 1.54) is 75.2 Å². The number of allylic oxidation sites excluding steroid dienone is 3. The van der Waals surface area contributed by atoms with E-state index in [-0.39, 0.29) is 0 Å². The number of para-hydroxylation sites is 2. The molecule has 1 aliphatic carbocycles. The summed E-state index contributed by atoms with van der Waals surface area (Å²) >= 11 is 3.87. The third-order valence-corrected chi connectivity index (χ3v) is 13.4. The third kappa shape index (κ3) is 5.33. The first-order valence-electron chi connectivity index (χ1n) is 18.4. The van der Waals surface area contributed by atoms with E-state index >= 15 is 0 Å². The molecule has 0 fully saturated rings. The van der Waals surface area contributed by atoms with Gasteiger partial charge < -0.3 is 5.32 Å². The van der Waals surface area contributed by atoms with Gasteiger partial charge in [0.2, 0.25) is 0 Å². The summed E-state index contributed by atoms with van der Waals surface area (Å²) in [7, 11) is 0. The van der Waals surface area contributed by atoms with Crippen LogP contribution in [0.15, 0.2) is 207 Å². The topological polar surface area (TPSA) is 12.0 Å². The van der Waals surface area contributed by atoms with Crippen LogP contribution in [0.3, 0.4) is 0 Å². The van der Waals surface area contributed by atoms with E-state index in [9.17, 15) is 0 Å². The van der Waals surface area contributed by atoms with E-state index in [1.54, 1.807) is 0 Å². The molecule has 1 nitrogen and oxygen atoms in total. The zero-order chi connectivity index (χ0) is 35.4. The summed E-state index contributed by atoms with van der Waals surface area (Å²) in [6.07, 6.45) is 5.82. The van der Waals surface area contributed by atoms with Crippen molar-refractivity contribution < 1.29 is 0 Å². The second-order valence-corrected chi connectivity index (χ2v) is 16.3. The Bertz CT molecular complexity index is 2570. The standard InChI is InChI=1S/C50H37NS2/c1-33-27-29-46-43(31-33)50(41-24-11-12-26-45(41)52-46)42-25-14-23-40(49(42)53-47-30-28-36(32-44(47)50)34-15-5-2-6-16-34)39-22-13-21-38(35-17-7-3-8-18-35)48(39)51-37-19-9-4-10-20-37/h2-30,32-33,51H,31H2,1H3. The molecule has 3 aliphatic rings. The van der Waals surface area contributed by atoms with Gasteiger partial charge in [0.05, 0.1) is 11.1 Å². The quantitative estimate of drug-likeness (QED) is 0.191. The molecule has 53 heavy (non-hydrogen) atoms. The molecule has 0 radical (unpaired) electrons. The van der Waals surface area contributed by atoms with Gasteiger partial charge in [-0.3, -0.25) is 0 Å². The van der Waals surface area contributed by atoms with Crippen LogP contribution >= 0.6 is 23.5 Å². The second-order valence-electron chi connectivity index (χ2n) is 14.2. The first-order valence-corrected chi connectivity index (χ1v) is 20.0. The van der Waals surface area contributed by atoms with Crippen LogP contribution in [-0.4, -0.2) is 0 Å². The maximum Gasteiger partial charge on any atom is 0.0708 e. The molecule has 1 N–H and O–H groups in total. The first kappa shape index (κ1) is 32.2. The molecule has 10 rings (SSSR count). The highest BCUT2D eigenvalue weighted by Gasteiger charge is 2.51. The van der Waals surface area contributed by atoms with Crippen LogP contribution < -0.4 is 5.32 Å². The average Bonchev–Trinajstić information content (AvgIpc) is 3.22. The van der Waals surface area contributed by atoms with E-state index in [4.69, 9.17) is 0 Å². The summed E-state index contributed by atoms with van der Waals surface area (Å²) in [5.41, 5.74) is 14.7. The predicted molar refractivity (Wildman–Crippen MR) is 225 cm³/mol. The highest BCUT2D eigenvalue weighted by atomic mass is 32.2. The molecule has 2 heterocycles. The minimum absolute atomic E-state index is 0.447. The summed E-state index contributed by atoms with van der Waals surface area (Å²) in [6, 6.07) is 62.4. The van der Waals surface area contributed by atoms with Crippen molar-refractivity contribution in [1.29, 1.82) is 0 Å². The molecule has 0 aromatic heterocycles. The lowest BCUT2D eigenvalue weighted by Crippen LogP contribution is -2.38. The Kier molecular flexibility index (Phi) is 8.01. The summed E-state index contributed by atoms with van der Waals surface area (Å²) < 4.78 is 0. The number of benzene rings is 7. The largest absolute Gasteiger partial charge is 0.355 e. The van der Waals surface area contributed by atoms with Crippen LogP contribution in [0, 0.1) is 5.92 Å². The van der Waals surface area contributed by atoms with Crippen molar-refractivity contribution in [3.05, 3.63) is 209 Å². The SMILES string of the molecule is CC1C=CC2=C(C1)C1(c3ccccc3S2)c2cc(-c3ccccc3)ccc2Sc2c(-c3cccc(-c4ccccc4)c3Nc3ccccc3)cccc21. The fraction of sp³-hybridized carbons (Fsp3) is 0.0800. The van der Waals surface area contributed by atoms with E-state index in [0.717, 1.165) is 17.8 Å². The van der Waals surface area contributed by atoms with E-state index < -0.39 is 5.41 Å². The van der Waals surface area contributed by atoms with Crippen LogP contribution in [0.1, 0.15) is 30.0 Å². The number of nitrogens with one attached hydrogen (secondary N) is 1. The minimum atomic E-state index is -0.447. The maximum atomic E-state index is 3.90. The van der Waals surface area contributed by atoms with Gasteiger partial charge in [-0.05, 0) is 87.2 Å². The summed E-state index contributed by atoms with van der Waals surface area (Å²) in [5, 5.41) is 3.90. The third-order valence-electron chi connectivity index (χ3n) is 11.0. The first-order chi connectivity index (χ1) is 26.2. The van der Waals surface area contributed by atoms with E-state index in [0.29, 0.717) is 5.92 Å². The van der Waals surface area contributed by atoms with E-state index in [1.807, 2.05) is 23.5 Å². The average molecular weight is 716 g/mol. The van der Waals surface area contributed by atoms with Gasteiger partial charge >= 0.3 is 0 Å². The Hall–Kier alpha value is -5.48. The predicted octanol–water partition coefficient (Wildman–Crippen LogP) is 14.2. The van der Waals surface area contributed by atoms with Crippen molar-refractivity contribution in [3.8, 4) is 33.4 Å². The van der Waals surface area contributed by atoms with Crippen molar-refractivity contribution >= 4 is 34.9 Å². The molecule has 0 saturated heterocycles. The Balaban J connectivity index is 1.28. The van der Waals surface area contributed by atoms with Crippen molar-refractivity contribution in [2.24, 2.45) is 5.92 Å². The molecular weight excluding hydrogens is 679 g/mol. The molecule has 2 aliphatic heterocycles. The second kappa shape index (κ2) is 13.2. The number of fused-ring (bicyclic) bond motifs is 7. The van der Waals surface area contributed by atoms with Gasteiger partial charge in [-0.1, -0.05) is 182 Å². The van der Waals surface area contributed by atoms with Crippen LogP contribution in [-0.2, 0) is 5.41 Å². The lowest BCUT2D eigenvalue weighted by Gasteiger charge is -2.48. The number of anilines is 2. The minimum Gasteiger partial charge on any atom is -0.355 e. The zero-order valence-electron chi connectivity index (χ0n) is 29.4. The number of hydrogen-bond donors (Lipinski definition) is 1. The van der Waals surface area contributed by atoms with Gasteiger partial charge in [0, 0.05) is 36.4 Å². The normalized spacial score (nSPS) is 18.2.